The maximum atomic E-state index is 13.6. The van der Waals surface area contributed by atoms with E-state index in [1.807, 2.05) is 54.6 Å². The number of nitrogens with one attached hydrogen (secondary N) is 2. The van der Waals surface area contributed by atoms with Crippen LogP contribution in [-0.4, -0.2) is 26.0 Å². The Labute approximate surface area is 198 Å². The van der Waals surface area contributed by atoms with Crippen LogP contribution in [0.5, 0.6) is 5.75 Å². The average Bonchev–Trinajstić information content (AvgIpc) is 3.05. The lowest BCUT2D eigenvalue weighted by Gasteiger charge is -2.30. The molecule has 6 heteroatoms. The maximum absolute atomic E-state index is 13.6. The number of hydrogen-bond acceptors (Lipinski definition) is 6. The van der Waals surface area contributed by atoms with Crippen molar-refractivity contribution in [1.82, 2.24) is 0 Å². The summed E-state index contributed by atoms with van der Waals surface area (Å²) in [6, 6.07) is 22.8. The number of carbonyl (C=O) groups is 2. The first-order valence-corrected chi connectivity index (χ1v) is 11.3. The first-order chi connectivity index (χ1) is 16.6. The van der Waals surface area contributed by atoms with E-state index in [9.17, 15) is 9.59 Å². The molecule has 1 aliphatic heterocycles. The Morgan fingerprint density at radius 1 is 0.882 bits per heavy atom. The van der Waals surface area contributed by atoms with E-state index in [4.69, 9.17) is 9.47 Å². The van der Waals surface area contributed by atoms with Crippen LogP contribution in [0.15, 0.2) is 84.1 Å². The summed E-state index contributed by atoms with van der Waals surface area (Å²) >= 11 is 0. The number of allylic oxidation sites excluding steroid dienone is 1. The molecule has 0 bridgehead atoms. The third-order valence-electron chi connectivity index (χ3n) is 6.54. The molecule has 0 amide bonds. The van der Waals surface area contributed by atoms with Gasteiger partial charge in [0.25, 0.3) is 0 Å². The second kappa shape index (κ2) is 9.06. The molecule has 0 spiro atoms. The Hall–Kier alpha value is -4.06. The van der Waals surface area contributed by atoms with Crippen LogP contribution < -0.4 is 15.4 Å². The third-order valence-corrected chi connectivity index (χ3v) is 6.54. The number of carbonyl (C=O) groups excluding carboxylic acids is 2. The van der Waals surface area contributed by atoms with Gasteiger partial charge in [0.2, 0.25) is 0 Å². The largest absolute Gasteiger partial charge is 0.497 e. The molecule has 6 nitrogen and oxygen atoms in total. The first-order valence-electron chi connectivity index (χ1n) is 11.3. The van der Waals surface area contributed by atoms with Gasteiger partial charge < -0.3 is 20.1 Å². The highest BCUT2D eigenvalue weighted by atomic mass is 16.5. The van der Waals surface area contributed by atoms with Gasteiger partial charge in [-0.05, 0) is 59.9 Å². The second-order valence-corrected chi connectivity index (χ2v) is 8.56. The molecule has 172 valence electrons. The van der Waals surface area contributed by atoms with Gasteiger partial charge in [0, 0.05) is 17.7 Å². The Kier molecular flexibility index (Phi) is 5.80. The third kappa shape index (κ3) is 4.03. The van der Waals surface area contributed by atoms with Crippen molar-refractivity contribution in [3.8, 4) is 5.75 Å². The molecule has 0 aromatic heterocycles. The van der Waals surface area contributed by atoms with E-state index in [1.165, 1.54) is 7.11 Å². The van der Waals surface area contributed by atoms with Crippen LogP contribution in [0.2, 0.25) is 0 Å². The van der Waals surface area contributed by atoms with Crippen LogP contribution in [0.1, 0.15) is 46.3 Å². The number of benzene rings is 3. The topological polar surface area (TPSA) is 76.7 Å². The van der Waals surface area contributed by atoms with E-state index in [0.29, 0.717) is 18.4 Å². The molecule has 2 aliphatic rings. The first kappa shape index (κ1) is 21.8. The zero-order chi connectivity index (χ0) is 23.7. The molecule has 2 atom stereocenters. The maximum Gasteiger partial charge on any atom is 0.337 e. The number of hydrogen-bond donors (Lipinski definition) is 2. The average molecular weight is 455 g/mol. The highest BCUT2D eigenvalue weighted by molar-refractivity contribution is 6.01. The van der Waals surface area contributed by atoms with Crippen molar-refractivity contribution in [2.75, 3.05) is 24.9 Å². The van der Waals surface area contributed by atoms with Gasteiger partial charge in [-0.1, -0.05) is 36.4 Å². The van der Waals surface area contributed by atoms with E-state index in [-0.39, 0.29) is 23.7 Å². The van der Waals surface area contributed by atoms with Gasteiger partial charge in [-0.15, -0.1) is 0 Å². The minimum atomic E-state index is -0.387. The standard InChI is InChI=1S/C28H26N2O4/c1-33-21-7-5-6-19(14-21)20-15-24-26(25(31)16-20)27(30-23-9-4-3-8-22(23)29-24)17-10-12-18(13-11-17)28(32)34-2/h3-14,20,27,29-30H,15-16H2,1-2H3/t20-,27-/m1/s1. The van der Waals surface area contributed by atoms with Gasteiger partial charge in [0.05, 0.1) is 37.2 Å². The molecule has 0 unspecified atom stereocenters. The number of Topliss-reactive ketones (excluding diaryl/α,β-unsaturated/α-hetero) is 1. The Balaban J connectivity index is 1.56. The predicted octanol–water partition coefficient (Wildman–Crippen LogP) is 5.46. The highest BCUT2D eigenvalue weighted by Crippen LogP contribution is 2.44. The number of ketones is 1. The Morgan fingerprint density at radius 2 is 1.65 bits per heavy atom. The van der Waals surface area contributed by atoms with Crippen LogP contribution in [0.3, 0.4) is 0 Å². The fraction of sp³-hybridized carbons (Fsp3) is 0.214. The molecule has 0 saturated heterocycles. The quantitative estimate of drug-likeness (QED) is 0.510. The Bertz CT molecular complexity index is 1280. The second-order valence-electron chi connectivity index (χ2n) is 8.56. The normalized spacial score (nSPS) is 19.2. The number of fused-ring (bicyclic) bond motifs is 1. The minimum absolute atomic E-state index is 0.0569. The molecule has 3 aromatic carbocycles. The zero-order valence-corrected chi connectivity index (χ0v) is 19.1. The molecule has 5 rings (SSSR count). The molecular weight excluding hydrogens is 428 g/mol. The van der Waals surface area contributed by atoms with Crippen molar-refractivity contribution >= 4 is 23.1 Å². The molecule has 3 aromatic rings. The number of anilines is 2. The van der Waals surface area contributed by atoms with Gasteiger partial charge in [-0.2, -0.15) is 0 Å². The van der Waals surface area contributed by atoms with E-state index in [1.54, 1.807) is 19.2 Å². The lowest BCUT2D eigenvalue weighted by Crippen LogP contribution is -2.27. The number of ether oxygens (including phenoxy) is 2. The molecule has 34 heavy (non-hydrogen) atoms. The van der Waals surface area contributed by atoms with Crippen LogP contribution in [0.4, 0.5) is 11.4 Å². The fourth-order valence-electron chi connectivity index (χ4n) is 4.80. The minimum Gasteiger partial charge on any atom is -0.497 e. The monoisotopic (exact) mass is 454 g/mol. The number of para-hydroxylation sites is 2. The summed E-state index contributed by atoms with van der Waals surface area (Å²) in [6.07, 6.45) is 1.13. The van der Waals surface area contributed by atoms with E-state index in [2.05, 4.69) is 16.7 Å². The van der Waals surface area contributed by atoms with Crippen LogP contribution >= 0.6 is 0 Å². The van der Waals surface area contributed by atoms with Gasteiger partial charge >= 0.3 is 5.97 Å². The SMILES string of the molecule is COC(=O)c1ccc([C@H]2Nc3ccccc3NC3=C2C(=O)C[C@H](c2cccc(OC)c2)C3)cc1. The van der Waals surface area contributed by atoms with Gasteiger partial charge in [-0.3, -0.25) is 4.79 Å². The van der Waals surface area contributed by atoms with Crippen LogP contribution in [0, 0.1) is 0 Å². The molecule has 2 N–H and O–H groups in total. The summed E-state index contributed by atoms with van der Waals surface area (Å²) in [4.78, 5) is 25.5. The van der Waals surface area contributed by atoms with E-state index in [0.717, 1.165) is 39.5 Å². The van der Waals surface area contributed by atoms with Crippen molar-refractivity contribution in [1.29, 1.82) is 0 Å². The van der Waals surface area contributed by atoms with Crippen LogP contribution in [0.25, 0.3) is 0 Å². The van der Waals surface area contributed by atoms with Crippen molar-refractivity contribution in [2.24, 2.45) is 0 Å². The number of rotatable bonds is 4. The molecular formula is C28H26N2O4. The van der Waals surface area contributed by atoms with Gasteiger partial charge in [0.15, 0.2) is 5.78 Å². The van der Waals surface area contributed by atoms with Gasteiger partial charge in [0.1, 0.15) is 5.75 Å². The highest BCUT2D eigenvalue weighted by Gasteiger charge is 2.36. The van der Waals surface area contributed by atoms with E-state index < -0.39 is 0 Å². The van der Waals surface area contributed by atoms with Crippen molar-refractivity contribution in [3.05, 3.63) is 101 Å². The fourth-order valence-corrected chi connectivity index (χ4v) is 4.80. The summed E-state index contributed by atoms with van der Waals surface area (Å²) in [5, 5.41) is 7.11. The zero-order valence-electron chi connectivity index (χ0n) is 19.1. The molecule has 0 radical (unpaired) electrons. The lowest BCUT2D eigenvalue weighted by molar-refractivity contribution is -0.116. The summed E-state index contributed by atoms with van der Waals surface area (Å²) in [5.74, 6) is 0.557. The van der Waals surface area contributed by atoms with Gasteiger partial charge in [-0.25, -0.2) is 4.79 Å². The summed E-state index contributed by atoms with van der Waals surface area (Å²) in [7, 11) is 3.01. The summed E-state index contributed by atoms with van der Waals surface area (Å²) < 4.78 is 10.2. The predicted molar refractivity (Wildman–Crippen MR) is 131 cm³/mol. The molecule has 0 fully saturated rings. The smallest absolute Gasteiger partial charge is 0.337 e. The van der Waals surface area contributed by atoms with Crippen molar-refractivity contribution in [2.45, 2.75) is 24.8 Å². The van der Waals surface area contributed by atoms with Crippen LogP contribution in [-0.2, 0) is 9.53 Å². The molecule has 1 heterocycles. The van der Waals surface area contributed by atoms with E-state index >= 15 is 0 Å². The summed E-state index contributed by atoms with van der Waals surface area (Å²) in [5.41, 5.74) is 5.98. The van der Waals surface area contributed by atoms with Crippen molar-refractivity contribution in [3.63, 3.8) is 0 Å². The number of methoxy groups -OCH3 is 2. The lowest BCUT2D eigenvalue weighted by atomic mass is 9.78. The Morgan fingerprint density at radius 3 is 2.38 bits per heavy atom. The number of esters is 1. The summed E-state index contributed by atoms with van der Waals surface area (Å²) in [6.45, 7) is 0. The molecule has 1 aliphatic carbocycles. The molecule has 0 saturated carbocycles. The van der Waals surface area contributed by atoms with Crippen molar-refractivity contribution < 1.29 is 19.1 Å².